The van der Waals surface area contributed by atoms with Crippen LogP contribution >= 0.6 is 0 Å². The van der Waals surface area contributed by atoms with E-state index in [2.05, 4.69) is 22.8 Å². The smallest absolute Gasteiger partial charge is 0.307 e. The highest BCUT2D eigenvalue weighted by atomic mass is 16.5. The Labute approximate surface area is 132 Å². The van der Waals surface area contributed by atoms with Gasteiger partial charge in [0, 0.05) is 18.6 Å². The summed E-state index contributed by atoms with van der Waals surface area (Å²) in [6.45, 7) is 7.51. The maximum absolute atomic E-state index is 11.9. The lowest BCUT2D eigenvalue weighted by Gasteiger charge is -2.25. The van der Waals surface area contributed by atoms with Crippen molar-refractivity contribution in [3.8, 4) is 0 Å². The Morgan fingerprint density at radius 3 is 2.77 bits per heavy atom. The van der Waals surface area contributed by atoms with Crippen molar-refractivity contribution < 1.29 is 14.3 Å². The highest BCUT2D eigenvalue weighted by Gasteiger charge is 2.36. The molecular formula is C17H26N2O3. The molecule has 1 heterocycles. The lowest BCUT2D eigenvalue weighted by atomic mass is 10.0. The monoisotopic (exact) mass is 306 g/mol. The standard InChI is InChI=1S/C17H26N2O3/c1-4-21-16(20)10-14(15-12-22-17(2,3)19-15)18-11-13-8-6-5-7-9-13/h5-9,14-15,18-19H,4,10-12H2,1-3H3/t14?,15-/m1/s1. The largest absolute Gasteiger partial charge is 0.466 e. The topological polar surface area (TPSA) is 59.6 Å². The molecule has 2 N–H and O–H groups in total. The van der Waals surface area contributed by atoms with Crippen LogP contribution in [-0.4, -0.2) is 37.0 Å². The van der Waals surface area contributed by atoms with Crippen LogP contribution in [0.25, 0.3) is 0 Å². The van der Waals surface area contributed by atoms with Crippen LogP contribution in [0.4, 0.5) is 0 Å². The fourth-order valence-corrected chi connectivity index (χ4v) is 2.65. The van der Waals surface area contributed by atoms with Crippen molar-refractivity contribution in [2.24, 2.45) is 0 Å². The summed E-state index contributed by atoms with van der Waals surface area (Å²) >= 11 is 0. The van der Waals surface area contributed by atoms with Crippen molar-refractivity contribution in [3.63, 3.8) is 0 Å². The van der Waals surface area contributed by atoms with Crippen molar-refractivity contribution in [1.29, 1.82) is 0 Å². The molecule has 1 aromatic carbocycles. The molecule has 122 valence electrons. The molecular weight excluding hydrogens is 280 g/mol. The number of esters is 1. The molecule has 2 atom stereocenters. The zero-order valence-corrected chi connectivity index (χ0v) is 13.6. The predicted octanol–water partition coefficient (Wildman–Crippen LogP) is 1.82. The van der Waals surface area contributed by atoms with Crippen LogP contribution in [0.15, 0.2) is 30.3 Å². The second-order valence-corrected chi connectivity index (χ2v) is 6.05. The van der Waals surface area contributed by atoms with Crippen LogP contribution in [0.2, 0.25) is 0 Å². The van der Waals surface area contributed by atoms with Gasteiger partial charge in [0.05, 0.1) is 19.6 Å². The molecule has 22 heavy (non-hydrogen) atoms. The first kappa shape index (κ1) is 16.9. The Bertz CT molecular complexity index is 476. The normalized spacial score (nSPS) is 21.5. The van der Waals surface area contributed by atoms with Crippen molar-refractivity contribution >= 4 is 5.97 Å². The molecule has 2 rings (SSSR count). The highest BCUT2D eigenvalue weighted by molar-refractivity contribution is 5.70. The number of ether oxygens (including phenoxy) is 2. The van der Waals surface area contributed by atoms with Gasteiger partial charge in [0.2, 0.25) is 0 Å². The summed E-state index contributed by atoms with van der Waals surface area (Å²) in [5, 5.41) is 6.88. The number of carbonyl (C=O) groups excluding carboxylic acids is 1. The number of benzene rings is 1. The van der Waals surface area contributed by atoms with E-state index in [4.69, 9.17) is 9.47 Å². The van der Waals surface area contributed by atoms with Gasteiger partial charge in [0.15, 0.2) is 0 Å². The summed E-state index contributed by atoms with van der Waals surface area (Å²) in [5.41, 5.74) is 0.834. The Balaban J connectivity index is 1.96. The van der Waals surface area contributed by atoms with Crippen LogP contribution < -0.4 is 10.6 Å². The average Bonchev–Trinajstić information content (AvgIpc) is 2.85. The maximum Gasteiger partial charge on any atom is 0.307 e. The van der Waals surface area contributed by atoms with Gasteiger partial charge in [-0.05, 0) is 26.3 Å². The first-order chi connectivity index (χ1) is 10.5. The summed E-state index contributed by atoms with van der Waals surface area (Å²) in [7, 11) is 0. The summed E-state index contributed by atoms with van der Waals surface area (Å²) in [5.74, 6) is -0.181. The molecule has 5 nitrogen and oxygen atoms in total. The van der Waals surface area contributed by atoms with E-state index in [1.54, 1.807) is 0 Å². The molecule has 1 saturated heterocycles. The molecule has 0 aromatic heterocycles. The van der Waals surface area contributed by atoms with E-state index in [0.29, 0.717) is 26.2 Å². The van der Waals surface area contributed by atoms with Gasteiger partial charge in [-0.2, -0.15) is 0 Å². The first-order valence-electron chi connectivity index (χ1n) is 7.85. The molecule has 1 aliphatic heterocycles. The molecule has 1 aromatic rings. The van der Waals surface area contributed by atoms with Crippen LogP contribution in [-0.2, 0) is 20.8 Å². The molecule has 0 radical (unpaired) electrons. The van der Waals surface area contributed by atoms with E-state index in [9.17, 15) is 4.79 Å². The van der Waals surface area contributed by atoms with Crippen molar-refractivity contribution in [3.05, 3.63) is 35.9 Å². The molecule has 5 heteroatoms. The molecule has 0 spiro atoms. The summed E-state index contributed by atoms with van der Waals surface area (Å²) in [6.07, 6.45) is 0.331. The number of hydrogen-bond acceptors (Lipinski definition) is 5. The SMILES string of the molecule is CCOC(=O)CC(NCc1ccccc1)[C@H]1COC(C)(C)N1. The van der Waals surface area contributed by atoms with Gasteiger partial charge in [0.25, 0.3) is 0 Å². The third-order valence-electron chi connectivity index (χ3n) is 3.75. The zero-order chi connectivity index (χ0) is 16.0. The molecule has 1 fully saturated rings. The fraction of sp³-hybridized carbons (Fsp3) is 0.588. The molecule has 0 amide bonds. The average molecular weight is 306 g/mol. The van der Waals surface area contributed by atoms with Crippen molar-refractivity contribution in [2.45, 2.75) is 51.5 Å². The van der Waals surface area contributed by atoms with E-state index >= 15 is 0 Å². The number of carbonyl (C=O) groups is 1. The van der Waals surface area contributed by atoms with Crippen LogP contribution in [0.5, 0.6) is 0 Å². The fourth-order valence-electron chi connectivity index (χ4n) is 2.65. The summed E-state index contributed by atoms with van der Waals surface area (Å²) in [4.78, 5) is 11.9. The van der Waals surface area contributed by atoms with Crippen molar-refractivity contribution in [1.82, 2.24) is 10.6 Å². The number of nitrogens with one attached hydrogen (secondary N) is 2. The van der Waals surface area contributed by atoms with Gasteiger partial charge in [0.1, 0.15) is 5.72 Å². The molecule has 1 unspecified atom stereocenters. The quantitative estimate of drug-likeness (QED) is 0.753. The lowest BCUT2D eigenvalue weighted by molar-refractivity contribution is -0.143. The minimum absolute atomic E-state index is 0.0268. The molecule has 0 saturated carbocycles. The van der Waals surface area contributed by atoms with Gasteiger partial charge >= 0.3 is 5.97 Å². The van der Waals surface area contributed by atoms with Gasteiger partial charge < -0.3 is 14.8 Å². The van der Waals surface area contributed by atoms with Crippen LogP contribution in [0.3, 0.4) is 0 Å². The highest BCUT2D eigenvalue weighted by Crippen LogP contribution is 2.18. The van der Waals surface area contributed by atoms with Gasteiger partial charge in [-0.25, -0.2) is 0 Å². The predicted molar refractivity (Wildman–Crippen MR) is 85.3 cm³/mol. The lowest BCUT2D eigenvalue weighted by Crippen LogP contribution is -2.50. The number of rotatable bonds is 7. The van der Waals surface area contributed by atoms with Crippen LogP contribution in [0.1, 0.15) is 32.8 Å². The third-order valence-corrected chi connectivity index (χ3v) is 3.75. The Hall–Kier alpha value is -1.43. The van der Waals surface area contributed by atoms with E-state index in [1.807, 2.05) is 39.0 Å². The maximum atomic E-state index is 11.9. The first-order valence-corrected chi connectivity index (χ1v) is 7.85. The zero-order valence-electron chi connectivity index (χ0n) is 13.6. The van der Waals surface area contributed by atoms with Gasteiger partial charge in [-0.15, -0.1) is 0 Å². The van der Waals surface area contributed by atoms with E-state index in [0.717, 1.165) is 0 Å². The minimum atomic E-state index is -0.355. The Morgan fingerprint density at radius 1 is 1.45 bits per heavy atom. The Kier molecular flexibility index (Phi) is 5.94. The van der Waals surface area contributed by atoms with E-state index in [-0.39, 0.29) is 23.8 Å². The van der Waals surface area contributed by atoms with Gasteiger partial charge in [-0.3, -0.25) is 10.1 Å². The van der Waals surface area contributed by atoms with E-state index in [1.165, 1.54) is 5.56 Å². The van der Waals surface area contributed by atoms with Gasteiger partial charge in [-0.1, -0.05) is 30.3 Å². The van der Waals surface area contributed by atoms with E-state index < -0.39 is 0 Å². The number of hydrogen-bond donors (Lipinski definition) is 2. The second kappa shape index (κ2) is 7.72. The molecule has 0 aliphatic carbocycles. The molecule has 1 aliphatic rings. The summed E-state index contributed by atoms with van der Waals surface area (Å²) in [6, 6.07) is 10.2. The third kappa shape index (κ3) is 5.09. The Morgan fingerprint density at radius 2 is 2.18 bits per heavy atom. The molecule has 0 bridgehead atoms. The van der Waals surface area contributed by atoms with Crippen LogP contribution in [0, 0.1) is 0 Å². The summed E-state index contributed by atoms with van der Waals surface area (Å²) < 4.78 is 10.8. The second-order valence-electron chi connectivity index (χ2n) is 6.05. The minimum Gasteiger partial charge on any atom is -0.466 e. The van der Waals surface area contributed by atoms with Crippen molar-refractivity contribution in [2.75, 3.05) is 13.2 Å².